The molecular formula is C24H16O4. The summed E-state index contributed by atoms with van der Waals surface area (Å²) in [5.74, 6) is -2.66. The van der Waals surface area contributed by atoms with Gasteiger partial charge in [0.25, 0.3) is 0 Å². The number of hydrogen-bond acceptors (Lipinski definition) is 4. The molecule has 0 radical (unpaired) electrons. The van der Waals surface area contributed by atoms with Gasteiger partial charge in [-0.2, -0.15) is 0 Å². The van der Waals surface area contributed by atoms with Gasteiger partial charge >= 0.3 is 17.7 Å². The van der Waals surface area contributed by atoms with Crippen molar-refractivity contribution in [2.45, 2.75) is 12.7 Å². The summed E-state index contributed by atoms with van der Waals surface area (Å²) in [7, 11) is 0. The van der Waals surface area contributed by atoms with Crippen LogP contribution >= 0.6 is 0 Å². The van der Waals surface area contributed by atoms with E-state index in [0.29, 0.717) is 16.7 Å². The third-order valence-electron chi connectivity index (χ3n) is 5.15. The van der Waals surface area contributed by atoms with Crippen LogP contribution in [0.2, 0.25) is 0 Å². The molecular weight excluding hydrogens is 352 g/mol. The highest BCUT2D eigenvalue weighted by atomic mass is 16.7. The Hall–Kier alpha value is -3.66. The molecule has 1 unspecified atom stereocenters. The average Bonchev–Trinajstić information content (AvgIpc) is 2.99. The molecule has 0 spiro atoms. The number of fused-ring (bicyclic) bond motifs is 4. The van der Waals surface area contributed by atoms with E-state index >= 15 is 0 Å². The number of ether oxygens (including phenoxy) is 2. The molecule has 0 saturated carbocycles. The van der Waals surface area contributed by atoms with E-state index in [2.05, 4.69) is 0 Å². The van der Waals surface area contributed by atoms with E-state index in [1.165, 1.54) is 6.92 Å². The number of hydrogen-bond donors (Lipinski definition) is 0. The van der Waals surface area contributed by atoms with Gasteiger partial charge in [0.05, 0.1) is 11.1 Å². The molecule has 136 valence electrons. The van der Waals surface area contributed by atoms with Crippen LogP contribution in [0.3, 0.4) is 0 Å². The lowest BCUT2D eigenvalue weighted by Gasteiger charge is -2.30. The van der Waals surface area contributed by atoms with Crippen LogP contribution in [-0.4, -0.2) is 11.9 Å². The fraction of sp³-hybridized carbons (Fsp3) is 0.0833. The zero-order valence-corrected chi connectivity index (χ0v) is 15.1. The molecule has 0 aliphatic carbocycles. The summed E-state index contributed by atoms with van der Waals surface area (Å²) in [5, 5.41) is 3.59. The Morgan fingerprint density at radius 3 is 2.21 bits per heavy atom. The summed E-state index contributed by atoms with van der Waals surface area (Å²) in [4.78, 5) is 25.0. The maximum absolute atomic E-state index is 12.8. The minimum absolute atomic E-state index is 0.410. The number of cyclic esters (lactones) is 1. The van der Waals surface area contributed by atoms with E-state index in [1.54, 1.807) is 6.07 Å². The van der Waals surface area contributed by atoms with Gasteiger partial charge in [-0.15, -0.1) is 0 Å². The topological polar surface area (TPSA) is 52.6 Å². The summed E-state index contributed by atoms with van der Waals surface area (Å²) in [6, 6.07) is 24.8. The van der Waals surface area contributed by atoms with Crippen LogP contribution in [0.1, 0.15) is 28.4 Å². The maximum Gasteiger partial charge on any atom is 0.342 e. The Labute approximate surface area is 161 Å². The Morgan fingerprint density at radius 1 is 0.821 bits per heavy atom. The normalized spacial score (nSPS) is 18.1. The van der Waals surface area contributed by atoms with Gasteiger partial charge in [0, 0.05) is 12.5 Å². The molecule has 0 amide bonds. The predicted molar refractivity (Wildman–Crippen MR) is 106 cm³/mol. The van der Waals surface area contributed by atoms with Crippen molar-refractivity contribution in [2.75, 3.05) is 0 Å². The van der Waals surface area contributed by atoms with Crippen molar-refractivity contribution >= 4 is 33.5 Å². The molecule has 1 heterocycles. The standard InChI is InChI=1S/C24H16O4/c1-15(25)27-24(21-12-6-9-16-7-2-4-10-18(16)21)22-19-11-5-3-8-17(19)13-14-20(22)23(26)28-24/h2-14H,1H3. The first-order chi connectivity index (χ1) is 13.6. The molecule has 1 aliphatic heterocycles. The molecule has 0 saturated heterocycles. The van der Waals surface area contributed by atoms with Crippen molar-refractivity contribution in [3.05, 3.63) is 95.6 Å². The van der Waals surface area contributed by atoms with E-state index in [-0.39, 0.29) is 0 Å². The largest absolute Gasteiger partial charge is 0.414 e. The molecule has 0 fully saturated rings. The monoisotopic (exact) mass is 368 g/mol. The lowest BCUT2D eigenvalue weighted by atomic mass is 9.88. The minimum atomic E-state index is -1.63. The molecule has 4 aromatic rings. The SMILES string of the molecule is CC(=O)OC1(c2cccc3ccccc23)OC(=O)c2ccc3ccccc3c21. The molecule has 1 atom stereocenters. The molecule has 28 heavy (non-hydrogen) atoms. The second kappa shape index (κ2) is 5.92. The first-order valence-electron chi connectivity index (χ1n) is 9.03. The van der Waals surface area contributed by atoms with Crippen LogP contribution < -0.4 is 0 Å². The number of carbonyl (C=O) groups excluding carboxylic acids is 2. The smallest absolute Gasteiger partial charge is 0.342 e. The van der Waals surface area contributed by atoms with Gasteiger partial charge in [0.15, 0.2) is 0 Å². The highest BCUT2D eigenvalue weighted by molar-refractivity contribution is 6.04. The third kappa shape index (κ3) is 2.24. The lowest BCUT2D eigenvalue weighted by molar-refractivity contribution is -0.190. The summed E-state index contributed by atoms with van der Waals surface area (Å²) >= 11 is 0. The van der Waals surface area contributed by atoms with Crippen molar-refractivity contribution in [1.29, 1.82) is 0 Å². The first-order valence-corrected chi connectivity index (χ1v) is 9.03. The van der Waals surface area contributed by atoms with Crippen LogP contribution in [0.4, 0.5) is 0 Å². The van der Waals surface area contributed by atoms with E-state index in [4.69, 9.17) is 9.47 Å². The quantitative estimate of drug-likeness (QED) is 0.471. The summed E-state index contributed by atoms with van der Waals surface area (Å²) in [6.45, 7) is 1.32. The zero-order valence-electron chi connectivity index (χ0n) is 15.1. The second-order valence-electron chi connectivity index (χ2n) is 6.84. The molecule has 5 rings (SSSR count). The average molecular weight is 368 g/mol. The van der Waals surface area contributed by atoms with Gasteiger partial charge in [-0.25, -0.2) is 4.79 Å². The van der Waals surface area contributed by atoms with Crippen LogP contribution in [0, 0.1) is 0 Å². The summed E-state index contributed by atoms with van der Waals surface area (Å²) in [5.41, 5.74) is 1.61. The van der Waals surface area contributed by atoms with Gasteiger partial charge in [-0.3, -0.25) is 4.79 Å². The molecule has 1 aliphatic rings. The summed E-state index contributed by atoms with van der Waals surface area (Å²) in [6.07, 6.45) is 0. The number of carbonyl (C=O) groups is 2. The number of benzene rings is 4. The van der Waals surface area contributed by atoms with Crippen LogP contribution in [0.15, 0.2) is 78.9 Å². The van der Waals surface area contributed by atoms with E-state index in [9.17, 15) is 9.59 Å². The molecule has 0 bridgehead atoms. The fourth-order valence-corrected chi connectivity index (χ4v) is 4.06. The molecule has 0 N–H and O–H groups in total. The minimum Gasteiger partial charge on any atom is -0.414 e. The van der Waals surface area contributed by atoms with E-state index in [1.807, 2.05) is 72.8 Å². The van der Waals surface area contributed by atoms with Gasteiger partial charge < -0.3 is 9.47 Å². The molecule has 4 aromatic carbocycles. The van der Waals surface area contributed by atoms with Gasteiger partial charge in [-0.05, 0) is 27.6 Å². The highest BCUT2D eigenvalue weighted by Crippen LogP contribution is 2.48. The van der Waals surface area contributed by atoms with Gasteiger partial charge in [0.2, 0.25) is 0 Å². The van der Waals surface area contributed by atoms with Crippen molar-refractivity contribution in [3.63, 3.8) is 0 Å². The number of rotatable bonds is 2. The molecule has 4 heteroatoms. The van der Waals surface area contributed by atoms with E-state index in [0.717, 1.165) is 21.5 Å². The van der Waals surface area contributed by atoms with Crippen molar-refractivity contribution in [2.24, 2.45) is 0 Å². The Kier molecular flexibility index (Phi) is 3.49. The first kappa shape index (κ1) is 16.5. The van der Waals surface area contributed by atoms with Crippen molar-refractivity contribution < 1.29 is 19.1 Å². The summed E-state index contributed by atoms with van der Waals surface area (Å²) < 4.78 is 11.7. The van der Waals surface area contributed by atoms with Crippen LogP contribution in [-0.2, 0) is 20.1 Å². The van der Waals surface area contributed by atoms with Gasteiger partial charge in [-0.1, -0.05) is 72.8 Å². The maximum atomic E-state index is 12.8. The van der Waals surface area contributed by atoms with Crippen molar-refractivity contribution in [3.8, 4) is 0 Å². The highest BCUT2D eigenvalue weighted by Gasteiger charge is 2.52. The Bertz CT molecular complexity index is 1260. The number of esters is 2. The predicted octanol–water partition coefficient (Wildman–Crippen LogP) is 4.93. The molecule has 0 aromatic heterocycles. The van der Waals surface area contributed by atoms with Gasteiger partial charge in [0.1, 0.15) is 0 Å². The fourth-order valence-electron chi connectivity index (χ4n) is 4.06. The lowest BCUT2D eigenvalue weighted by Crippen LogP contribution is -2.33. The van der Waals surface area contributed by atoms with Crippen LogP contribution in [0.25, 0.3) is 21.5 Å². The second-order valence-corrected chi connectivity index (χ2v) is 6.84. The Morgan fingerprint density at radius 2 is 1.46 bits per heavy atom. The van der Waals surface area contributed by atoms with Crippen molar-refractivity contribution in [1.82, 2.24) is 0 Å². The third-order valence-corrected chi connectivity index (χ3v) is 5.15. The molecule has 4 nitrogen and oxygen atoms in total. The van der Waals surface area contributed by atoms with Crippen LogP contribution in [0.5, 0.6) is 0 Å². The Balaban J connectivity index is 1.93. The zero-order chi connectivity index (χ0) is 19.3. The van der Waals surface area contributed by atoms with E-state index < -0.39 is 17.7 Å².